The molecular weight excluding hydrogens is 325 g/mol. The number of hydrogen-bond acceptors (Lipinski definition) is 5. The Morgan fingerprint density at radius 2 is 2.00 bits per heavy atom. The molecule has 0 spiro atoms. The van der Waals surface area contributed by atoms with Crippen molar-refractivity contribution in [2.45, 2.75) is 6.92 Å². The number of aromatic nitrogens is 2. The molecule has 0 fully saturated rings. The summed E-state index contributed by atoms with van der Waals surface area (Å²) in [7, 11) is 1.18. The number of anilines is 1. The van der Waals surface area contributed by atoms with E-state index < -0.39 is 11.8 Å². The van der Waals surface area contributed by atoms with Crippen molar-refractivity contribution in [2.75, 3.05) is 12.4 Å². The zero-order chi connectivity index (χ0) is 18.0. The van der Waals surface area contributed by atoms with Crippen molar-refractivity contribution in [3.05, 3.63) is 53.7 Å². The van der Waals surface area contributed by atoms with Crippen molar-refractivity contribution >= 4 is 29.0 Å². The summed E-state index contributed by atoms with van der Waals surface area (Å²) in [4.78, 5) is 30.0. The summed E-state index contributed by atoms with van der Waals surface area (Å²) in [6.45, 7) is 1.58. The molecule has 25 heavy (non-hydrogen) atoms. The third-order valence-corrected chi connectivity index (χ3v) is 3.88. The van der Waals surface area contributed by atoms with Crippen molar-refractivity contribution in [2.24, 2.45) is 0 Å². The van der Waals surface area contributed by atoms with E-state index in [9.17, 15) is 14.0 Å². The number of hydrogen-bond donors (Lipinski definition) is 1. The summed E-state index contributed by atoms with van der Waals surface area (Å²) >= 11 is 0. The third kappa shape index (κ3) is 3.03. The summed E-state index contributed by atoms with van der Waals surface area (Å²) in [6, 6.07) is 7.23. The van der Waals surface area contributed by atoms with E-state index in [1.807, 2.05) is 18.2 Å². The van der Waals surface area contributed by atoms with Crippen molar-refractivity contribution in [1.82, 2.24) is 9.97 Å². The zero-order valence-electron chi connectivity index (χ0n) is 13.5. The number of carbonyl (C=O) groups excluding carboxylic acids is 2. The molecule has 0 aliphatic carbocycles. The van der Waals surface area contributed by atoms with Gasteiger partial charge in [0.2, 0.25) is 6.41 Å². The topological polar surface area (TPSA) is 81.2 Å². The average molecular weight is 339 g/mol. The van der Waals surface area contributed by atoms with Gasteiger partial charge in [-0.1, -0.05) is 12.1 Å². The fourth-order valence-electron chi connectivity index (χ4n) is 2.56. The molecule has 1 amide bonds. The van der Waals surface area contributed by atoms with Gasteiger partial charge in [-0.3, -0.25) is 4.79 Å². The lowest BCUT2D eigenvalue weighted by Crippen LogP contribution is -2.09. The van der Waals surface area contributed by atoms with Crippen LogP contribution in [0.4, 0.5) is 10.2 Å². The van der Waals surface area contributed by atoms with E-state index in [0.29, 0.717) is 23.4 Å². The first-order valence-electron chi connectivity index (χ1n) is 7.39. The van der Waals surface area contributed by atoms with E-state index in [4.69, 9.17) is 0 Å². The maximum atomic E-state index is 14.4. The summed E-state index contributed by atoms with van der Waals surface area (Å²) < 4.78 is 18.9. The Bertz CT molecular complexity index is 989. The molecule has 1 N–H and O–H groups in total. The average Bonchev–Trinajstić information content (AvgIpc) is 2.63. The second-order valence-electron chi connectivity index (χ2n) is 5.34. The van der Waals surface area contributed by atoms with Crippen LogP contribution < -0.4 is 5.32 Å². The molecule has 1 aromatic carbocycles. The third-order valence-electron chi connectivity index (χ3n) is 3.88. The van der Waals surface area contributed by atoms with Gasteiger partial charge in [-0.2, -0.15) is 0 Å². The highest BCUT2D eigenvalue weighted by molar-refractivity contribution is 5.91. The van der Waals surface area contributed by atoms with Gasteiger partial charge in [0.05, 0.1) is 7.11 Å². The van der Waals surface area contributed by atoms with E-state index in [1.54, 1.807) is 19.2 Å². The smallest absolute Gasteiger partial charge is 0.359 e. The molecule has 0 aliphatic rings. The van der Waals surface area contributed by atoms with E-state index >= 15 is 0 Å². The zero-order valence-corrected chi connectivity index (χ0v) is 13.5. The molecule has 3 aromatic rings. The van der Waals surface area contributed by atoms with Crippen molar-refractivity contribution in [3.8, 4) is 11.1 Å². The number of halogens is 1. The van der Waals surface area contributed by atoms with Crippen LogP contribution in [0.1, 0.15) is 16.1 Å². The fraction of sp³-hybridized carbons (Fsp3) is 0.111. The summed E-state index contributed by atoms with van der Waals surface area (Å²) in [6.07, 6.45) is 3.62. The van der Waals surface area contributed by atoms with Gasteiger partial charge >= 0.3 is 5.97 Å². The first-order chi connectivity index (χ1) is 12.0. The van der Waals surface area contributed by atoms with Crippen LogP contribution in [-0.2, 0) is 9.53 Å². The van der Waals surface area contributed by atoms with E-state index in [-0.39, 0.29) is 5.69 Å². The van der Waals surface area contributed by atoms with Gasteiger partial charge in [-0.25, -0.2) is 19.2 Å². The van der Waals surface area contributed by atoms with Crippen LogP contribution in [0.15, 0.2) is 36.7 Å². The molecule has 0 saturated heterocycles. The number of benzene rings is 1. The quantitative estimate of drug-likeness (QED) is 0.583. The van der Waals surface area contributed by atoms with Gasteiger partial charge in [0.15, 0.2) is 11.5 Å². The van der Waals surface area contributed by atoms with Crippen LogP contribution in [-0.4, -0.2) is 29.5 Å². The van der Waals surface area contributed by atoms with Crippen LogP contribution in [0.5, 0.6) is 0 Å². The van der Waals surface area contributed by atoms with Gasteiger partial charge in [0, 0.05) is 23.3 Å². The van der Waals surface area contributed by atoms with E-state index in [2.05, 4.69) is 20.0 Å². The number of amides is 1. The van der Waals surface area contributed by atoms with Crippen LogP contribution in [0.25, 0.3) is 21.9 Å². The van der Waals surface area contributed by atoms with Crippen LogP contribution in [0, 0.1) is 12.7 Å². The van der Waals surface area contributed by atoms with Gasteiger partial charge in [-0.15, -0.1) is 0 Å². The number of methoxy groups -OCH3 is 1. The Hall–Kier alpha value is -3.35. The normalized spacial score (nSPS) is 10.5. The molecule has 6 nitrogen and oxygen atoms in total. The predicted molar refractivity (Wildman–Crippen MR) is 90.7 cm³/mol. The maximum absolute atomic E-state index is 14.4. The minimum Gasteiger partial charge on any atom is -0.464 e. The summed E-state index contributed by atoms with van der Waals surface area (Å²) in [5.74, 6) is -1.07. The number of nitrogens with one attached hydrogen (secondary N) is 1. The van der Waals surface area contributed by atoms with E-state index in [1.165, 1.54) is 13.3 Å². The molecule has 2 aromatic heterocycles. The van der Waals surface area contributed by atoms with Gasteiger partial charge < -0.3 is 10.1 Å². The molecule has 2 heterocycles. The van der Waals surface area contributed by atoms with Crippen molar-refractivity contribution in [1.29, 1.82) is 0 Å². The Kier molecular flexibility index (Phi) is 4.38. The second-order valence-corrected chi connectivity index (χ2v) is 5.34. The minimum atomic E-state index is -0.815. The lowest BCUT2D eigenvalue weighted by atomic mass is 9.99. The monoisotopic (exact) mass is 339 g/mol. The number of esters is 1. The molecular formula is C18H14FN3O3. The van der Waals surface area contributed by atoms with Gasteiger partial charge in [-0.05, 0) is 35.6 Å². The predicted octanol–water partition coefficient (Wildman–Crippen LogP) is 3.10. The second kappa shape index (κ2) is 6.64. The molecule has 0 unspecified atom stereocenters. The van der Waals surface area contributed by atoms with Gasteiger partial charge in [0.1, 0.15) is 5.82 Å². The SMILES string of the molecule is COC(=O)c1ncc(-c2ccc3cc(NC=O)ncc3c2)c(C)c1F. The molecule has 0 aliphatic heterocycles. The van der Waals surface area contributed by atoms with E-state index in [0.717, 1.165) is 16.3 Å². The number of ether oxygens (including phenoxy) is 1. The Morgan fingerprint density at radius 1 is 1.20 bits per heavy atom. The van der Waals surface area contributed by atoms with Crippen LogP contribution in [0.2, 0.25) is 0 Å². The number of rotatable bonds is 4. The fourth-order valence-corrected chi connectivity index (χ4v) is 2.56. The first kappa shape index (κ1) is 16.5. The minimum absolute atomic E-state index is 0.307. The lowest BCUT2D eigenvalue weighted by Gasteiger charge is -2.10. The number of carbonyl (C=O) groups is 2. The Morgan fingerprint density at radius 3 is 2.72 bits per heavy atom. The first-order valence-corrected chi connectivity index (χ1v) is 7.39. The maximum Gasteiger partial charge on any atom is 0.359 e. The Labute approximate surface area is 142 Å². The molecule has 0 saturated carbocycles. The molecule has 0 bridgehead atoms. The number of fused-ring (bicyclic) bond motifs is 1. The molecule has 0 radical (unpaired) electrons. The molecule has 0 atom stereocenters. The van der Waals surface area contributed by atoms with Crippen molar-refractivity contribution < 1.29 is 18.7 Å². The largest absolute Gasteiger partial charge is 0.464 e. The van der Waals surface area contributed by atoms with Crippen molar-refractivity contribution in [3.63, 3.8) is 0 Å². The van der Waals surface area contributed by atoms with Crippen LogP contribution >= 0.6 is 0 Å². The number of pyridine rings is 2. The highest BCUT2D eigenvalue weighted by Crippen LogP contribution is 2.29. The molecule has 3 rings (SSSR count). The Balaban J connectivity index is 2.07. The highest BCUT2D eigenvalue weighted by Gasteiger charge is 2.19. The standard InChI is InChI=1S/C18H14FN3O3/c1-10-14(8-21-17(16(10)19)18(24)25-2)12-4-3-11-6-15(22-9-23)20-7-13(11)5-12/h3-9H,1-2H3,(H,20,22,23). The number of nitrogens with zero attached hydrogens (tertiary/aromatic N) is 2. The van der Waals surface area contributed by atoms with Gasteiger partial charge in [0.25, 0.3) is 0 Å². The highest BCUT2D eigenvalue weighted by atomic mass is 19.1. The van der Waals surface area contributed by atoms with Crippen LogP contribution in [0.3, 0.4) is 0 Å². The lowest BCUT2D eigenvalue weighted by molar-refractivity contribution is -0.105. The molecule has 7 heteroatoms. The molecule has 126 valence electrons. The summed E-state index contributed by atoms with van der Waals surface area (Å²) in [5, 5.41) is 4.19. The summed E-state index contributed by atoms with van der Waals surface area (Å²) in [5.41, 5.74) is 1.28.